The molecule has 0 aliphatic heterocycles. The summed E-state index contributed by atoms with van der Waals surface area (Å²) in [5.74, 6) is -1.83. The number of amides is 2. The minimum absolute atomic E-state index is 0.0470. The number of hydrogen-bond acceptors (Lipinski definition) is 6. The van der Waals surface area contributed by atoms with Gasteiger partial charge in [0.25, 0.3) is 5.91 Å². The van der Waals surface area contributed by atoms with Crippen molar-refractivity contribution < 1.29 is 19.6 Å². The Morgan fingerprint density at radius 1 is 1.04 bits per heavy atom. The van der Waals surface area contributed by atoms with Crippen molar-refractivity contribution in [3.63, 3.8) is 0 Å². The molecule has 1 heterocycles. The number of benzene rings is 1. The molecule has 2 atom stereocenters. The van der Waals surface area contributed by atoms with Gasteiger partial charge in [-0.25, -0.2) is 9.97 Å². The van der Waals surface area contributed by atoms with E-state index in [9.17, 15) is 19.6 Å². The number of carbonyl (C=O) groups is 2. The van der Waals surface area contributed by atoms with Crippen LogP contribution in [0.15, 0.2) is 48.8 Å². The Morgan fingerprint density at radius 2 is 1.68 bits per heavy atom. The summed E-state index contributed by atoms with van der Waals surface area (Å²) in [6, 6.07) is 9.89. The topological polar surface area (TPSA) is 124 Å². The van der Waals surface area contributed by atoms with E-state index in [1.54, 1.807) is 6.07 Å². The Morgan fingerprint density at radius 3 is 2.25 bits per heavy atom. The van der Waals surface area contributed by atoms with E-state index in [2.05, 4.69) is 20.6 Å². The maximum atomic E-state index is 12.8. The van der Waals surface area contributed by atoms with Gasteiger partial charge in [0.1, 0.15) is 6.04 Å². The summed E-state index contributed by atoms with van der Waals surface area (Å²) < 4.78 is 0. The molecule has 9 heteroatoms. The van der Waals surface area contributed by atoms with Crippen molar-refractivity contribution in [3.8, 4) is 0 Å². The van der Waals surface area contributed by atoms with Gasteiger partial charge in [-0.3, -0.25) is 9.59 Å². The van der Waals surface area contributed by atoms with Crippen LogP contribution in [-0.4, -0.2) is 50.9 Å². The van der Waals surface area contributed by atoms with Crippen molar-refractivity contribution in [2.24, 2.45) is 5.92 Å². The third-order valence-electron chi connectivity index (χ3n) is 4.09. The molecular formula is C19H25BN4O4. The molecule has 0 aliphatic carbocycles. The number of nitrogens with one attached hydrogen (secondary N) is 2. The molecule has 0 bridgehead atoms. The Balaban J connectivity index is 2.16. The third-order valence-corrected chi connectivity index (χ3v) is 4.09. The maximum Gasteiger partial charge on any atom is 0.475 e. The van der Waals surface area contributed by atoms with E-state index in [1.807, 2.05) is 44.2 Å². The van der Waals surface area contributed by atoms with Crippen molar-refractivity contribution in [2.75, 3.05) is 0 Å². The largest absolute Gasteiger partial charge is 0.475 e. The first-order chi connectivity index (χ1) is 13.4. The van der Waals surface area contributed by atoms with Gasteiger partial charge in [0, 0.05) is 18.8 Å². The summed E-state index contributed by atoms with van der Waals surface area (Å²) in [6.07, 6.45) is 3.50. The van der Waals surface area contributed by atoms with Gasteiger partial charge >= 0.3 is 7.12 Å². The molecule has 28 heavy (non-hydrogen) atoms. The number of aromatic nitrogens is 2. The predicted molar refractivity (Wildman–Crippen MR) is 105 cm³/mol. The molecule has 4 N–H and O–H groups in total. The molecular weight excluding hydrogens is 359 g/mol. The smallest absolute Gasteiger partial charge is 0.426 e. The molecule has 0 unspecified atom stereocenters. The van der Waals surface area contributed by atoms with Gasteiger partial charge in [-0.05, 0) is 24.0 Å². The lowest BCUT2D eigenvalue weighted by molar-refractivity contribution is -0.123. The van der Waals surface area contributed by atoms with E-state index < -0.39 is 30.9 Å². The van der Waals surface area contributed by atoms with Gasteiger partial charge in [-0.1, -0.05) is 44.2 Å². The molecule has 148 valence electrons. The summed E-state index contributed by atoms with van der Waals surface area (Å²) in [5.41, 5.74) is 0.849. The van der Waals surface area contributed by atoms with Crippen molar-refractivity contribution in [2.45, 2.75) is 38.7 Å². The second-order valence-corrected chi connectivity index (χ2v) is 6.95. The average molecular weight is 384 g/mol. The first-order valence-electron chi connectivity index (χ1n) is 9.15. The molecule has 0 radical (unpaired) electrons. The van der Waals surface area contributed by atoms with E-state index in [1.165, 1.54) is 12.4 Å². The highest BCUT2D eigenvalue weighted by Crippen LogP contribution is 2.08. The van der Waals surface area contributed by atoms with Crippen LogP contribution < -0.4 is 10.6 Å². The third kappa shape index (κ3) is 6.75. The molecule has 1 aromatic carbocycles. The number of carbonyl (C=O) groups excluding carboxylic acids is 2. The molecule has 0 fully saturated rings. The van der Waals surface area contributed by atoms with E-state index >= 15 is 0 Å². The molecule has 2 rings (SSSR count). The van der Waals surface area contributed by atoms with Crippen molar-refractivity contribution >= 4 is 18.9 Å². The van der Waals surface area contributed by atoms with E-state index in [0.29, 0.717) is 6.42 Å². The Kier molecular flexibility index (Phi) is 8.10. The maximum absolute atomic E-state index is 12.8. The molecule has 2 aromatic rings. The predicted octanol–water partition coefficient (Wildman–Crippen LogP) is 0.361. The van der Waals surface area contributed by atoms with Crippen LogP contribution in [0.4, 0.5) is 0 Å². The van der Waals surface area contributed by atoms with Gasteiger partial charge in [-0.15, -0.1) is 0 Å². The zero-order chi connectivity index (χ0) is 20.5. The zero-order valence-electron chi connectivity index (χ0n) is 15.9. The number of hydrogen-bond donors (Lipinski definition) is 4. The lowest BCUT2D eigenvalue weighted by atomic mass is 9.75. The van der Waals surface area contributed by atoms with Crippen LogP contribution in [0, 0.1) is 5.92 Å². The summed E-state index contributed by atoms with van der Waals surface area (Å²) in [5, 5.41) is 24.4. The second kappa shape index (κ2) is 10.5. The van der Waals surface area contributed by atoms with Crippen LogP contribution in [-0.2, 0) is 11.2 Å². The van der Waals surface area contributed by atoms with Crippen LogP contribution in [0.2, 0.25) is 0 Å². The second-order valence-electron chi connectivity index (χ2n) is 6.95. The van der Waals surface area contributed by atoms with Crippen molar-refractivity contribution in [3.05, 3.63) is 60.2 Å². The van der Waals surface area contributed by atoms with Crippen LogP contribution in [0.5, 0.6) is 0 Å². The van der Waals surface area contributed by atoms with Crippen LogP contribution in [0.1, 0.15) is 36.5 Å². The van der Waals surface area contributed by atoms with E-state index in [4.69, 9.17) is 0 Å². The Hall–Kier alpha value is -2.78. The molecule has 0 spiro atoms. The van der Waals surface area contributed by atoms with Gasteiger partial charge in [0.15, 0.2) is 0 Å². The molecule has 1 aromatic heterocycles. The summed E-state index contributed by atoms with van der Waals surface area (Å²) >= 11 is 0. The molecule has 0 aliphatic rings. The minimum atomic E-state index is -1.70. The van der Waals surface area contributed by atoms with Crippen LogP contribution in [0.3, 0.4) is 0 Å². The lowest BCUT2D eigenvalue weighted by Crippen LogP contribution is -2.55. The van der Waals surface area contributed by atoms with Crippen molar-refractivity contribution in [1.29, 1.82) is 0 Å². The molecule has 0 saturated heterocycles. The van der Waals surface area contributed by atoms with E-state index in [-0.39, 0.29) is 18.2 Å². The normalized spacial score (nSPS) is 12.9. The first kappa shape index (κ1) is 21.5. The zero-order valence-corrected chi connectivity index (χ0v) is 15.9. The highest BCUT2D eigenvalue weighted by Gasteiger charge is 2.30. The fourth-order valence-corrected chi connectivity index (χ4v) is 2.74. The minimum Gasteiger partial charge on any atom is -0.426 e. The summed E-state index contributed by atoms with van der Waals surface area (Å²) in [6.45, 7) is 3.83. The molecule has 8 nitrogen and oxygen atoms in total. The first-order valence-corrected chi connectivity index (χ1v) is 9.15. The highest BCUT2D eigenvalue weighted by molar-refractivity contribution is 6.43. The molecule has 2 amide bonds. The van der Waals surface area contributed by atoms with Gasteiger partial charge in [-0.2, -0.15) is 0 Å². The Labute approximate surface area is 164 Å². The van der Waals surface area contributed by atoms with Gasteiger partial charge in [0.2, 0.25) is 11.7 Å². The highest BCUT2D eigenvalue weighted by atomic mass is 16.4. The Bertz CT molecular complexity index is 759. The quantitative estimate of drug-likeness (QED) is 0.463. The van der Waals surface area contributed by atoms with Crippen LogP contribution in [0.25, 0.3) is 0 Å². The summed E-state index contributed by atoms with van der Waals surface area (Å²) in [4.78, 5) is 33.0. The fraction of sp³-hybridized carbons (Fsp3) is 0.368. The monoisotopic (exact) mass is 384 g/mol. The fourth-order valence-electron chi connectivity index (χ4n) is 2.74. The average Bonchev–Trinajstić information content (AvgIpc) is 2.68. The van der Waals surface area contributed by atoms with Crippen molar-refractivity contribution in [1.82, 2.24) is 20.6 Å². The standard InChI is InChI=1S/C19H25BN4O4/c1-13(2)11-16(20(27)28)24-18(25)15(12-14-7-4-3-5-8-14)23-19(26)17-21-9-6-10-22-17/h3-10,13,15-16,27-28H,11-12H2,1-2H3,(H,23,26)(H,24,25)/t15-,16-/m0/s1. The summed E-state index contributed by atoms with van der Waals surface area (Å²) in [7, 11) is -1.70. The number of nitrogens with zero attached hydrogens (tertiary/aromatic N) is 2. The van der Waals surface area contributed by atoms with E-state index in [0.717, 1.165) is 5.56 Å². The number of rotatable bonds is 9. The van der Waals surface area contributed by atoms with Crippen LogP contribution >= 0.6 is 0 Å². The van der Waals surface area contributed by atoms with Gasteiger partial charge < -0.3 is 20.7 Å². The van der Waals surface area contributed by atoms with Gasteiger partial charge in [0.05, 0.1) is 5.94 Å². The SMILES string of the molecule is CC(C)C[C@H](NC(=O)[C@H](Cc1ccccc1)NC(=O)c1ncccn1)B(O)O. The lowest BCUT2D eigenvalue weighted by Gasteiger charge is -2.24. The molecule has 0 saturated carbocycles.